The van der Waals surface area contributed by atoms with Crippen molar-refractivity contribution in [2.45, 2.75) is 6.54 Å². The molecule has 1 N–H and O–H groups in total. The van der Waals surface area contributed by atoms with Gasteiger partial charge in [-0.05, 0) is 54.6 Å². The molecule has 2 heterocycles. The van der Waals surface area contributed by atoms with E-state index in [1.54, 1.807) is 48.2 Å². The highest BCUT2D eigenvalue weighted by atomic mass is 35.5. The van der Waals surface area contributed by atoms with Crippen molar-refractivity contribution in [3.05, 3.63) is 89.1 Å². The molecule has 0 aliphatic carbocycles. The SMILES string of the molecule is COc1ccc(NC(=O)Cn2cc(C(=O)c3ccc(F)cc3)c3ccnc(Cl)c32)cc1. The summed E-state index contributed by atoms with van der Waals surface area (Å²) in [6.45, 7) is -0.0787. The number of aromatic nitrogens is 2. The molecule has 0 unspecified atom stereocenters. The monoisotopic (exact) mass is 437 g/mol. The van der Waals surface area contributed by atoms with Crippen molar-refractivity contribution >= 4 is 39.9 Å². The molecule has 0 saturated carbocycles. The molecule has 2 aromatic heterocycles. The molecule has 0 atom stereocenters. The predicted molar refractivity (Wildman–Crippen MR) is 116 cm³/mol. The lowest BCUT2D eigenvalue weighted by atomic mass is 10.0. The lowest BCUT2D eigenvalue weighted by molar-refractivity contribution is -0.116. The zero-order valence-corrected chi connectivity index (χ0v) is 17.2. The number of fused-ring (bicyclic) bond motifs is 1. The zero-order valence-electron chi connectivity index (χ0n) is 16.4. The Bertz CT molecular complexity index is 1270. The molecule has 31 heavy (non-hydrogen) atoms. The van der Waals surface area contributed by atoms with Gasteiger partial charge in [-0.25, -0.2) is 9.37 Å². The Balaban J connectivity index is 1.65. The first-order chi connectivity index (χ1) is 15.0. The number of nitrogens with zero attached hydrogens (tertiary/aromatic N) is 2. The number of methoxy groups -OCH3 is 1. The maximum Gasteiger partial charge on any atom is 0.244 e. The molecule has 156 valence electrons. The minimum absolute atomic E-state index is 0.0787. The lowest BCUT2D eigenvalue weighted by Gasteiger charge is -2.08. The summed E-state index contributed by atoms with van der Waals surface area (Å²) in [6, 6.07) is 13.9. The van der Waals surface area contributed by atoms with Crippen LogP contribution in [0, 0.1) is 5.82 Å². The largest absolute Gasteiger partial charge is 0.497 e. The van der Waals surface area contributed by atoms with Crippen LogP contribution in [0.25, 0.3) is 10.9 Å². The molecule has 0 bridgehead atoms. The summed E-state index contributed by atoms with van der Waals surface area (Å²) >= 11 is 6.29. The van der Waals surface area contributed by atoms with Gasteiger partial charge in [-0.2, -0.15) is 0 Å². The van der Waals surface area contributed by atoms with Gasteiger partial charge in [0.2, 0.25) is 5.91 Å². The Morgan fingerprint density at radius 1 is 1.10 bits per heavy atom. The number of anilines is 1. The molecule has 0 aliphatic heterocycles. The Morgan fingerprint density at radius 2 is 1.81 bits per heavy atom. The van der Waals surface area contributed by atoms with Gasteiger partial charge in [-0.1, -0.05) is 11.6 Å². The highest BCUT2D eigenvalue weighted by Crippen LogP contribution is 2.28. The highest BCUT2D eigenvalue weighted by Gasteiger charge is 2.20. The molecule has 8 heteroatoms. The van der Waals surface area contributed by atoms with Crippen LogP contribution in [-0.4, -0.2) is 28.4 Å². The number of carbonyl (C=O) groups is 2. The summed E-state index contributed by atoms with van der Waals surface area (Å²) in [7, 11) is 1.56. The number of carbonyl (C=O) groups excluding carboxylic acids is 2. The molecule has 0 spiro atoms. The summed E-state index contributed by atoms with van der Waals surface area (Å²) in [5.74, 6) is -0.359. The van der Waals surface area contributed by atoms with Crippen molar-refractivity contribution in [1.82, 2.24) is 9.55 Å². The summed E-state index contributed by atoms with van der Waals surface area (Å²) < 4.78 is 19.9. The number of hydrogen-bond donors (Lipinski definition) is 1. The van der Waals surface area contributed by atoms with Crippen LogP contribution in [0.5, 0.6) is 5.75 Å². The van der Waals surface area contributed by atoms with Gasteiger partial charge in [-0.3, -0.25) is 9.59 Å². The van der Waals surface area contributed by atoms with Gasteiger partial charge >= 0.3 is 0 Å². The molecule has 0 radical (unpaired) electrons. The van der Waals surface area contributed by atoms with E-state index in [1.807, 2.05) is 0 Å². The molecule has 4 aromatic rings. The van der Waals surface area contributed by atoms with Crippen molar-refractivity contribution in [3.63, 3.8) is 0 Å². The first-order valence-corrected chi connectivity index (χ1v) is 9.71. The molecule has 4 rings (SSSR count). The van der Waals surface area contributed by atoms with Gasteiger partial charge in [0, 0.05) is 34.6 Å². The molecule has 0 fully saturated rings. The van der Waals surface area contributed by atoms with E-state index >= 15 is 0 Å². The van der Waals surface area contributed by atoms with E-state index in [2.05, 4.69) is 10.3 Å². The third kappa shape index (κ3) is 4.27. The van der Waals surface area contributed by atoms with Crippen molar-refractivity contribution in [1.29, 1.82) is 0 Å². The van der Waals surface area contributed by atoms with Gasteiger partial charge in [0.1, 0.15) is 18.1 Å². The van der Waals surface area contributed by atoms with Crippen molar-refractivity contribution in [2.75, 3.05) is 12.4 Å². The fraction of sp³-hybridized carbons (Fsp3) is 0.0870. The average Bonchev–Trinajstić information content (AvgIpc) is 3.13. The molecule has 1 amide bonds. The number of hydrogen-bond acceptors (Lipinski definition) is 4. The Morgan fingerprint density at radius 3 is 2.48 bits per heavy atom. The third-order valence-electron chi connectivity index (χ3n) is 4.78. The molecule has 2 aromatic carbocycles. The van der Waals surface area contributed by atoms with E-state index in [0.29, 0.717) is 33.5 Å². The Hall–Kier alpha value is -3.71. The van der Waals surface area contributed by atoms with Crippen LogP contribution in [0.4, 0.5) is 10.1 Å². The minimum Gasteiger partial charge on any atom is -0.497 e. The maximum atomic E-state index is 13.2. The quantitative estimate of drug-likeness (QED) is 0.350. The smallest absolute Gasteiger partial charge is 0.244 e. The number of amides is 1. The third-order valence-corrected chi connectivity index (χ3v) is 5.06. The summed E-state index contributed by atoms with van der Waals surface area (Å²) in [6.07, 6.45) is 3.06. The molecular weight excluding hydrogens is 421 g/mol. The number of nitrogens with one attached hydrogen (secondary N) is 1. The zero-order chi connectivity index (χ0) is 22.0. The van der Waals surface area contributed by atoms with Crippen molar-refractivity contribution in [3.8, 4) is 5.75 Å². The fourth-order valence-electron chi connectivity index (χ4n) is 3.30. The second-order valence-electron chi connectivity index (χ2n) is 6.78. The van der Waals surface area contributed by atoms with Crippen LogP contribution < -0.4 is 10.1 Å². The second-order valence-corrected chi connectivity index (χ2v) is 7.14. The van der Waals surface area contributed by atoms with Gasteiger partial charge < -0.3 is 14.6 Å². The van der Waals surface area contributed by atoms with Crippen LogP contribution in [0.1, 0.15) is 15.9 Å². The first kappa shape index (κ1) is 20.6. The van der Waals surface area contributed by atoms with Crippen molar-refractivity contribution in [2.24, 2.45) is 0 Å². The fourth-order valence-corrected chi connectivity index (χ4v) is 3.57. The van der Waals surface area contributed by atoms with E-state index in [0.717, 1.165) is 0 Å². The Labute approximate surface area is 182 Å². The average molecular weight is 438 g/mol. The topological polar surface area (TPSA) is 73.2 Å². The minimum atomic E-state index is -0.429. The van der Waals surface area contributed by atoms with E-state index in [4.69, 9.17) is 16.3 Å². The second kappa shape index (κ2) is 8.57. The van der Waals surface area contributed by atoms with Crippen LogP contribution in [-0.2, 0) is 11.3 Å². The van der Waals surface area contributed by atoms with Gasteiger partial charge in [0.05, 0.1) is 12.6 Å². The first-order valence-electron chi connectivity index (χ1n) is 9.34. The standard InChI is InChI=1S/C23H17ClFN3O3/c1-31-17-8-6-16(7-9-17)27-20(29)13-28-12-19(18-10-11-26-23(24)21(18)28)22(30)14-2-4-15(25)5-3-14/h2-12H,13H2,1H3,(H,27,29). The number of halogens is 2. The van der Waals surface area contributed by atoms with Gasteiger partial charge in [0.25, 0.3) is 0 Å². The normalized spacial score (nSPS) is 10.8. The highest BCUT2D eigenvalue weighted by molar-refractivity contribution is 6.34. The number of pyridine rings is 1. The van der Waals surface area contributed by atoms with E-state index in [-0.39, 0.29) is 23.4 Å². The van der Waals surface area contributed by atoms with Crippen LogP contribution in [0.2, 0.25) is 5.15 Å². The van der Waals surface area contributed by atoms with E-state index in [1.165, 1.54) is 30.5 Å². The van der Waals surface area contributed by atoms with Crippen molar-refractivity contribution < 1.29 is 18.7 Å². The molecule has 0 aliphatic rings. The van der Waals surface area contributed by atoms with Crippen LogP contribution >= 0.6 is 11.6 Å². The van der Waals surface area contributed by atoms with E-state index < -0.39 is 5.82 Å². The summed E-state index contributed by atoms with van der Waals surface area (Å²) in [5, 5.41) is 3.53. The van der Waals surface area contributed by atoms with Crippen LogP contribution in [0.3, 0.4) is 0 Å². The molecule has 6 nitrogen and oxygen atoms in total. The number of rotatable bonds is 6. The number of ether oxygens (including phenoxy) is 1. The van der Waals surface area contributed by atoms with Gasteiger partial charge in [0.15, 0.2) is 10.9 Å². The molecule has 0 saturated heterocycles. The van der Waals surface area contributed by atoms with E-state index in [9.17, 15) is 14.0 Å². The van der Waals surface area contributed by atoms with Crippen LogP contribution in [0.15, 0.2) is 67.0 Å². The summed E-state index contributed by atoms with van der Waals surface area (Å²) in [5.41, 5.74) is 1.76. The summed E-state index contributed by atoms with van der Waals surface area (Å²) in [4.78, 5) is 29.7. The number of benzene rings is 2. The lowest BCUT2D eigenvalue weighted by Crippen LogP contribution is -2.18. The maximum absolute atomic E-state index is 13.2. The number of ketones is 1. The predicted octanol–water partition coefficient (Wildman–Crippen LogP) is 4.71. The Kier molecular flexibility index (Phi) is 5.68. The molecular formula is C23H17ClFN3O3. The van der Waals surface area contributed by atoms with Gasteiger partial charge in [-0.15, -0.1) is 0 Å².